The summed E-state index contributed by atoms with van der Waals surface area (Å²) in [6.45, 7) is 9.77. The predicted molar refractivity (Wildman–Crippen MR) is 138 cm³/mol. The van der Waals surface area contributed by atoms with Crippen LogP contribution in [-0.2, 0) is 23.9 Å². The van der Waals surface area contributed by atoms with E-state index in [0.29, 0.717) is 13.0 Å². The molecule has 1 spiro atoms. The number of likely N-dealkylation sites (tertiary alicyclic amines) is 1. The molecule has 4 aliphatic rings. The Bertz CT molecular complexity index is 1190. The molecule has 198 valence electrons. The first-order valence-electron chi connectivity index (χ1n) is 13.1. The zero-order valence-corrected chi connectivity index (χ0v) is 22.1. The fraction of sp³-hybridized carbons (Fsp3) is 0.552. The van der Waals surface area contributed by atoms with Gasteiger partial charge in [-0.15, -0.1) is 0 Å². The van der Waals surface area contributed by atoms with E-state index in [0.717, 1.165) is 16.8 Å². The van der Waals surface area contributed by atoms with Gasteiger partial charge in [0.1, 0.15) is 24.2 Å². The summed E-state index contributed by atoms with van der Waals surface area (Å²) in [6, 6.07) is 4.30. The van der Waals surface area contributed by atoms with Crippen LogP contribution in [0.15, 0.2) is 42.5 Å². The number of hydrogen-bond donors (Lipinski definition) is 1. The van der Waals surface area contributed by atoms with Crippen LogP contribution in [0.3, 0.4) is 0 Å². The molecule has 1 aromatic carbocycles. The number of cyclic esters (lactones) is 1. The summed E-state index contributed by atoms with van der Waals surface area (Å²) in [5.74, 6) is -3.09. The van der Waals surface area contributed by atoms with E-state index in [1.54, 1.807) is 24.0 Å². The summed E-state index contributed by atoms with van der Waals surface area (Å²) >= 11 is 0. The normalized spacial score (nSPS) is 34.4. The van der Waals surface area contributed by atoms with Crippen molar-refractivity contribution >= 4 is 23.5 Å². The number of ether oxygens (including phenoxy) is 2. The van der Waals surface area contributed by atoms with Crippen LogP contribution in [0.4, 0.5) is 5.69 Å². The van der Waals surface area contributed by atoms with Gasteiger partial charge in [0.2, 0.25) is 5.91 Å². The highest BCUT2D eigenvalue weighted by molar-refractivity contribution is 6.06. The molecule has 0 bridgehead atoms. The van der Waals surface area contributed by atoms with Crippen molar-refractivity contribution in [2.45, 2.75) is 64.3 Å². The largest absolute Gasteiger partial charge is 0.461 e. The van der Waals surface area contributed by atoms with Crippen LogP contribution in [0.2, 0.25) is 0 Å². The van der Waals surface area contributed by atoms with Gasteiger partial charge in [-0.3, -0.25) is 14.4 Å². The van der Waals surface area contributed by atoms with E-state index in [1.807, 2.05) is 58.0 Å². The molecule has 7 atom stereocenters. The van der Waals surface area contributed by atoms with Crippen molar-refractivity contribution in [2.75, 3.05) is 24.7 Å². The molecule has 0 aliphatic carbocycles. The number of anilines is 1. The highest BCUT2D eigenvalue weighted by atomic mass is 16.6. The van der Waals surface area contributed by atoms with Crippen molar-refractivity contribution in [2.24, 2.45) is 17.8 Å². The fourth-order valence-corrected chi connectivity index (χ4v) is 6.69. The Morgan fingerprint density at radius 2 is 1.86 bits per heavy atom. The van der Waals surface area contributed by atoms with Crippen LogP contribution >= 0.6 is 0 Å². The molecule has 0 aromatic heterocycles. The lowest BCUT2D eigenvalue weighted by Gasteiger charge is -2.41. The second kappa shape index (κ2) is 9.10. The molecule has 2 fully saturated rings. The van der Waals surface area contributed by atoms with Crippen molar-refractivity contribution in [1.82, 2.24) is 4.90 Å². The number of aliphatic hydroxyl groups excluding tert-OH is 1. The van der Waals surface area contributed by atoms with Crippen molar-refractivity contribution in [3.8, 4) is 0 Å². The molecular formula is C29H36N2O6. The second-order valence-electron chi connectivity index (χ2n) is 11.1. The van der Waals surface area contributed by atoms with Gasteiger partial charge in [-0.1, -0.05) is 50.6 Å². The number of amides is 2. The number of hydrogen-bond acceptors (Lipinski definition) is 6. The van der Waals surface area contributed by atoms with Crippen LogP contribution in [0.5, 0.6) is 0 Å². The zero-order valence-electron chi connectivity index (χ0n) is 22.1. The molecule has 2 saturated heterocycles. The van der Waals surface area contributed by atoms with Crippen molar-refractivity contribution in [3.05, 3.63) is 53.6 Å². The number of benzene rings is 1. The van der Waals surface area contributed by atoms with E-state index >= 15 is 0 Å². The Balaban J connectivity index is 1.71. The van der Waals surface area contributed by atoms with E-state index in [4.69, 9.17) is 9.47 Å². The molecular weight excluding hydrogens is 472 g/mol. The van der Waals surface area contributed by atoms with Crippen molar-refractivity contribution < 1.29 is 29.0 Å². The minimum absolute atomic E-state index is 0.0774. The third-order valence-corrected chi connectivity index (χ3v) is 8.75. The summed E-state index contributed by atoms with van der Waals surface area (Å²) < 4.78 is 12.2. The van der Waals surface area contributed by atoms with Crippen LogP contribution in [-0.4, -0.2) is 70.8 Å². The minimum atomic E-state index is -1.37. The van der Waals surface area contributed by atoms with Gasteiger partial charge in [-0.2, -0.15) is 0 Å². The highest BCUT2D eigenvalue weighted by Crippen LogP contribution is 2.58. The Hall–Kier alpha value is -2.97. The van der Waals surface area contributed by atoms with Gasteiger partial charge in [0, 0.05) is 12.2 Å². The zero-order chi connectivity index (χ0) is 26.7. The van der Waals surface area contributed by atoms with Crippen LogP contribution < -0.4 is 4.90 Å². The summed E-state index contributed by atoms with van der Waals surface area (Å²) in [4.78, 5) is 45.4. The maximum atomic E-state index is 14.6. The van der Waals surface area contributed by atoms with Gasteiger partial charge in [-0.05, 0) is 50.0 Å². The smallest absolute Gasteiger partial charge is 0.313 e. The first-order chi connectivity index (χ1) is 17.6. The molecule has 5 rings (SSSR count). The van der Waals surface area contributed by atoms with E-state index in [2.05, 4.69) is 0 Å². The lowest BCUT2D eigenvalue weighted by Crippen LogP contribution is -2.60. The minimum Gasteiger partial charge on any atom is -0.461 e. The number of nitrogens with zero attached hydrogens (tertiary/aromatic N) is 2. The van der Waals surface area contributed by atoms with Gasteiger partial charge < -0.3 is 24.4 Å². The van der Waals surface area contributed by atoms with E-state index < -0.39 is 41.1 Å². The number of aliphatic hydroxyl groups is 1. The molecule has 4 aliphatic heterocycles. The molecule has 8 heteroatoms. The van der Waals surface area contributed by atoms with Crippen molar-refractivity contribution in [3.63, 3.8) is 0 Å². The van der Waals surface area contributed by atoms with E-state index in [9.17, 15) is 19.5 Å². The number of rotatable bonds is 5. The molecule has 0 radical (unpaired) electrons. The van der Waals surface area contributed by atoms with Crippen molar-refractivity contribution in [1.29, 1.82) is 0 Å². The topological polar surface area (TPSA) is 96.4 Å². The Morgan fingerprint density at radius 1 is 1.11 bits per heavy atom. The van der Waals surface area contributed by atoms with E-state index in [1.165, 1.54) is 4.90 Å². The Kier molecular flexibility index (Phi) is 6.31. The summed E-state index contributed by atoms with van der Waals surface area (Å²) in [7, 11) is 0. The number of carbonyl (C=O) groups excluding carboxylic acids is 3. The SMILES string of the molecule is CC[C@H](C)[C@H](CO)N1C(=O)[C@@H]2[C@H]3C(=O)OCC=C[C@@]3(C)O[C@@]23C=CCN(c2cc(C)ccc2C)C(=O)C13. The first-order valence-corrected chi connectivity index (χ1v) is 13.1. The maximum absolute atomic E-state index is 14.6. The number of aryl methyl sites for hydroxylation is 2. The lowest BCUT2D eigenvalue weighted by molar-refractivity contribution is -0.158. The summed E-state index contributed by atoms with van der Waals surface area (Å²) in [5, 5.41) is 10.5. The average molecular weight is 509 g/mol. The maximum Gasteiger partial charge on any atom is 0.313 e. The first kappa shape index (κ1) is 25.7. The Labute approximate surface area is 217 Å². The van der Waals surface area contributed by atoms with Gasteiger partial charge in [0.15, 0.2) is 0 Å². The third kappa shape index (κ3) is 3.67. The van der Waals surface area contributed by atoms with E-state index in [-0.39, 0.29) is 30.9 Å². The Morgan fingerprint density at radius 3 is 2.57 bits per heavy atom. The molecule has 0 saturated carbocycles. The van der Waals surface area contributed by atoms with Crippen LogP contribution in [0.1, 0.15) is 38.3 Å². The molecule has 1 N–H and O–H groups in total. The van der Waals surface area contributed by atoms with Gasteiger partial charge >= 0.3 is 5.97 Å². The number of carbonyl (C=O) groups is 3. The van der Waals surface area contributed by atoms with Gasteiger partial charge in [-0.25, -0.2) is 0 Å². The van der Waals surface area contributed by atoms with Gasteiger partial charge in [0.05, 0.1) is 24.2 Å². The number of fused-ring (bicyclic) bond motifs is 2. The predicted octanol–water partition coefficient (Wildman–Crippen LogP) is 2.70. The fourth-order valence-electron chi connectivity index (χ4n) is 6.69. The molecule has 2 amide bonds. The third-order valence-electron chi connectivity index (χ3n) is 8.75. The quantitative estimate of drug-likeness (QED) is 0.485. The van der Waals surface area contributed by atoms with Crippen LogP contribution in [0.25, 0.3) is 0 Å². The molecule has 8 nitrogen and oxygen atoms in total. The monoisotopic (exact) mass is 508 g/mol. The molecule has 1 aromatic rings. The molecule has 4 heterocycles. The second-order valence-corrected chi connectivity index (χ2v) is 11.1. The highest BCUT2D eigenvalue weighted by Gasteiger charge is 2.75. The standard InChI is InChI=1S/C29H36N2O6/c1-6-18(3)21(16-32)31-24-26(34)30(20-15-17(2)9-10-19(20)4)13-7-12-29(24)22(25(31)33)23-27(35)36-14-8-11-28(23,5)37-29/h7-12,15,18,21-24,32H,6,13-14,16H2,1-5H3/t18-,21-,22-,23-,24?,28+,29-/m0/s1. The molecule has 37 heavy (non-hydrogen) atoms. The summed E-state index contributed by atoms with van der Waals surface area (Å²) in [6.07, 6.45) is 7.90. The lowest BCUT2D eigenvalue weighted by atomic mass is 9.75. The molecule has 1 unspecified atom stereocenters. The number of esters is 1. The average Bonchev–Trinajstić information content (AvgIpc) is 3.12. The van der Waals surface area contributed by atoms with Gasteiger partial charge in [0.25, 0.3) is 5.91 Å². The summed E-state index contributed by atoms with van der Waals surface area (Å²) in [5.41, 5.74) is 0.238. The van der Waals surface area contributed by atoms with Crippen LogP contribution in [0, 0.1) is 31.6 Å².